The van der Waals surface area contributed by atoms with Crippen LogP contribution in [0, 0.1) is 5.41 Å². The summed E-state index contributed by atoms with van der Waals surface area (Å²) in [5, 5.41) is 0.816. The summed E-state index contributed by atoms with van der Waals surface area (Å²) in [5.41, 5.74) is 1.79. The molecule has 1 fully saturated rings. The molecule has 0 atom stereocenters. The lowest BCUT2D eigenvalue weighted by Crippen LogP contribution is -2.56. The Morgan fingerprint density at radius 1 is 1.22 bits per heavy atom. The summed E-state index contributed by atoms with van der Waals surface area (Å²) in [4.78, 5) is 2.45. The van der Waals surface area contributed by atoms with Gasteiger partial charge in [-0.3, -0.25) is 0 Å². The number of anilines is 1. The second-order valence-electron chi connectivity index (χ2n) is 5.45. The Labute approximate surface area is 124 Å². The fourth-order valence-corrected chi connectivity index (χ4v) is 3.83. The van der Waals surface area contributed by atoms with Crippen LogP contribution in [0.3, 0.4) is 0 Å². The van der Waals surface area contributed by atoms with Crippen LogP contribution in [0.5, 0.6) is 0 Å². The fraction of sp³-hybridized carbons (Fsp3) is 0.600. The highest BCUT2D eigenvalue weighted by molar-refractivity contribution is 9.10. The van der Waals surface area contributed by atoms with E-state index in [-0.39, 0.29) is 0 Å². The Morgan fingerprint density at radius 3 is 2.39 bits per heavy atom. The second kappa shape index (κ2) is 5.83. The Balaban J connectivity index is 2.08. The molecular formula is C15H21BrClN. The maximum absolute atomic E-state index is 6.09. The summed E-state index contributed by atoms with van der Waals surface area (Å²) in [6.07, 6.45) is 5.25. The van der Waals surface area contributed by atoms with Gasteiger partial charge in [-0.1, -0.05) is 38.3 Å². The van der Waals surface area contributed by atoms with Crippen molar-refractivity contribution in [3.63, 3.8) is 0 Å². The smallest absolute Gasteiger partial charge is 0.0525 e. The monoisotopic (exact) mass is 329 g/mol. The summed E-state index contributed by atoms with van der Waals surface area (Å²) in [5.74, 6) is 0. The SMILES string of the molecule is CCCC1(CCC)CN(c2cc(Cl)ccc2Br)C1. The summed E-state index contributed by atoms with van der Waals surface area (Å²) in [6, 6.07) is 6.03. The molecule has 1 nitrogen and oxygen atoms in total. The van der Waals surface area contributed by atoms with E-state index < -0.39 is 0 Å². The first-order valence-corrected chi connectivity index (χ1v) is 7.97. The molecule has 0 unspecified atom stereocenters. The molecule has 3 heteroatoms. The molecule has 1 aromatic rings. The van der Waals surface area contributed by atoms with E-state index in [4.69, 9.17) is 11.6 Å². The lowest BCUT2D eigenvalue weighted by molar-refractivity contribution is 0.173. The first-order chi connectivity index (χ1) is 8.60. The summed E-state index contributed by atoms with van der Waals surface area (Å²) in [7, 11) is 0. The number of benzene rings is 1. The Kier molecular flexibility index (Phi) is 4.60. The van der Waals surface area contributed by atoms with E-state index in [0.717, 1.165) is 9.50 Å². The van der Waals surface area contributed by atoms with Crippen molar-refractivity contribution < 1.29 is 0 Å². The number of hydrogen-bond donors (Lipinski definition) is 0. The number of nitrogens with zero attached hydrogens (tertiary/aromatic N) is 1. The third-order valence-corrected chi connectivity index (χ3v) is 4.77. The summed E-state index contributed by atoms with van der Waals surface area (Å²) in [6.45, 7) is 6.92. The highest BCUT2D eigenvalue weighted by atomic mass is 79.9. The maximum atomic E-state index is 6.09. The molecule has 0 bridgehead atoms. The lowest BCUT2D eigenvalue weighted by atomic mass is 9.72. The van der Waals surface area contributed by atoms with Gasteiger partial charge in [0.1, 0.15) is 0 Å². The molecule has 0 saturated carbocycles. The predicted molar refractivity (Wildman–Crippen MR) is 83.6 cm³/mol. The number of rotatable bonds is 5. The van der Waals surface area contributed by atoms with Gasteiger partial charge >= 0.3 is 0 Å². The third-order valence-electron chi connectivity index (χ3n) is 3.86. The molecule has 1 saturated heterocycles. The van der Waals surface area contributed by atoms with Crippen LogP contribution >= 0.6 is 27.5 Å². The molecule has 0 aliphatic carbocycles. The Bertz CT molecular complexity index is 405. The average molecular weight is 331 g/mol. The van der Waals surface area contributed by atoms with Gasteiger partial charge in [0.25, 0.3) is 0 Å². The first kappa shape index (κ1) is 14.2. The van der Waals surface area contributed by atoms with Crippen molar-refractivity contribution in [2.45, 2.75) is 39.5 Å². The van der Waals surface area contributed by atoms with Crippen LogP contribution < -0.4 is 4.90 Å². The maximum Gasteiger partial charge on any atom is 0.0525 e. The lowest BCUT2D eigenvalue weighted by Gasteiger charge is -2.52. The Hall–Kier alpha value is -0.210. The van der Waals surface area contributed by atoms with E-state index in [0.29, 0.717) is 5.41 Å². The van der Waals surface area contributed by atoms with Gasteiger partial charge in [-0.2, -0.15) is 0 Å². The standard InChI is InChI=1S/C15H21BrClN/c1-3-7-15(8-4-2)10-18(11-15)14-9-12(17)5-6-13(14)16/h5-6,9H,3-4,7-8,10-11H2,1-2H3. The van der Waals surface area contributed by atoms with Gasteiger partial charge in [0.2, 0.25) is 0 Å². The van der Waals surface area contributed by atoms with Crippen LogP contribution in [-0.4, -0.2) is 13.1 Å². The highest BCUT2D eigenvalue weighted by Crippen LogP contribution is 2.44. The molecule has 1 aliphatic rings. The van der Waals surface area contributed by atoms with Gasteiger partial charge < -0.3 is 4.90 Å². The second-order valence-corrected chi connectivity index (χ2v) is 6.74. The zero-order valence-electron chi connectivity index (χ0n) is 11.2. The third kappa shape index (κ3) is 2.85. The summed E-state index contributed by atoms with van der Waals surface area (Å²) < 4.78 is 1.15. The van der Waals surface area contributed by atoms with Crippen LogP contribution in [0.1, 0.15) is 39.5 Å². The van der Waals surface area contributed by atoms with Crippen LogP contribution in [0.4, 0.5) is 5.69 Å². The molecule has 0 radical (unpaired) electrons. The van der Waals surface area contributed by atoms with E-state index >= 15 is 0 Å². The van der Waals surface area contributed by atoms with Gasteiger partial charge in [-0.15, -0.1) is 0 Å². The average Bonchev–Trinajstić information content (AvgIpc) is 2.29. The minimum Gasteiger partial charge on any atom is -0.369 e. The van der Waals surface area contributed by atoms with Gasteiger partial charge in [0.15, 0.2) is 0 Å². The first-order valence-electron chi connectivity index (χ1n) is 6.80. The minimum atomic E-state index is 0.547. The van der Waals surface area contributed by atoms with Crippen molar-refractivity contribution in [2.24, 2.45) is 5.41 Å². The largest absolute Gasteiger partial charge is 0.369 e. The zero-order chi connectivity index (χ0) is 13.2. The Morgan fingerprint density at radius 2 is 1.83 bits per heavy atom. The van der Waals surface area contributed by atoms with Crippen molar-refractivity contribution >= 4 is 33.2 Å². The van der Waals surface area contributed by atoms with E-state index in [1.165, 1.54) is 44.5 Å². The number of halogens is 2. The van der Waals surface area contributed by atoms with Crippen molar-refractivity contribution in [1.29, 1.82) is 0 Å². The van der Waals surface area contributed by atoms with E-state index in [2.05, 4.69) is 40.7 Å². The van der Waals surface area contributed by atoms with Crippen LogP contribution in [-0.2, 0) is 0 Å². The van der Waals surface area contributed by atoms with Crippen molar-refractivity contribution in [1.82, 2.24) is 0 Å². The van der Waals surface area contributed by atoms with Gasteiger partial charge in [0.05, 0.1) is 5.69 Å². The van der Waals surface area contributed by atoms with Crippen LogP contribution in [0.25, 0.3) is 0 Å². The summed E-state index contributed by atoms with van der Waals surface area (Å²) >= 11 is 9.71. The van der Waals surface area contributed by atoms with Crippen LogP contribution in [0.15, 0.2) is 22.7 Å². The molecular weight excluding hydrogens is 310 g/mol. The van der Waals surface area contributed by atoms with E-state index in [9.17, 15) is 0 Å². The number of hydrogen-bond acceptors (Lipinski definition) is 1. The molecule has 0 aromatic heterocycles. The molecule has 1 aliphatic heterocycles. The minimum absolute atomic E-state index is 0.547. The van der Waals surface area contributed by atoms with Gasteiger partial charge in [0, 0.05) is 28.0 Å². The molecule has 0 N–H and O–H groups in total. The van der Waals surface area contributed by atoms with E-state index in [1.807, 2.05) is 12.1 Å². The molecule has 18 heavy (non-hydrogen) atoms. The molecule has 1 aromatic carbocycles. The van der Waals surface area contributed by atoms with E-state index in [1.54, 1.807) is 0 Å². The zero-order valence-corrected chi connectivity index (χ0v) is 13.5. The van der Waals surface area contributed by atoms with Crippen molar-refractivity contribution in [3.05, 3.63) is 27.7 Å². The molecule has 100 valence electrons. The molecule has 2 rings (SSSR count). The fourth-order valence-electron chi connectivity index (χ4n) is 3.16. The predicted octanol–water partition coefficient (Wildman–Crippen LogP) is 5.51. The molecule has 0 amide bonds. The van der Waals surface area contributed by atoms with Crippen molar-refractivity contribution in [3.8, 4) is 0 Å². The van der Waals surface area contributed by atoms with Crippen LogP contribution in [0.2, 0.25) is 5.02 Å². The van der Waals surface area contributed by atoms with Crippen molar-refractivity contribution in [2.75, 3.05) is 18.0 Å². The van der Waals surface area contributed by atoms with Gasteiger partial charge in [-0.05, 0) is 47.0 Å². The topological polar surface area (TPSA) is 3.24 Å². The molecule has 0 spiro atoms. The normalized spacial score (nSPS) is 17.7. The molecule has 1 heterocycles. The van der Waals surface area contributed by atoms with Gasteiger partial charge in [-0.25, -0.2) is 0 Å². The highest BCUT2D eigenvalue weighted by Gasteiger charge is 2.41. The quantitative estimate of drug-likeness (QED) is 0.688.